The molecule has 0 spiro atoms. The number of anilines is 1. The van der Waals surface area contributed by atoms with Crippen molar-refractivity contribution >= 4 is 17.4 Å². The molecule has 2 rings (SSSR count). The Bertz CT molecular complexity index is 480. The van der Waals surface area contributed by atoms with Crippen LogP contribution in [0.3, 0.4) is 0 Å². The van der Waals surface area contributed by atoms with Crippen LogP contribution in [0, 0.1) is 6.92 Å². The fourth-order valence-corrected chi connectivity index (χ4v) is 1.62. The van der Waals surface area contributed by atoms with Crippen LogP contribution in [0.4, 0.5) is 5.82 Å². The Balaban J connectivity index is 2.49. The molecule has 15 heavy (non-hydrogen) atoms. The van der Waals surface area contributed by atoms with E-state index >= 15 is 0 Å². The quantitative estimate of drug-likeness (QED) is 0.802. The first-order valence-electron chi connectivity index (χ1n) is 4.51. The molecule has 0 aliphatic carbocycles. The van der Waals surface area contributed by atoms with Gasteiger partial charge in [-0.05, 0) is 24.6 Å². The van der Waals surface area contributed by atoms with E-state index in [-0.39, 0.29) is 0 Å². The number of rotatable bonds is 1. The van der Waals surface area contributed by atoms with Crippen molar-refractivity contribution in [3.63, 3.8) is 0 Å². The average molecular weight is 220 g/mol. The summed E-state index contributed by atoms with van der Waals surface area (Å²) in [6, 6.07) is 5.66. The standard InChI is InChI=1S/C11H10ClN3/c1-7-4-8(12)2-3-9(7)10-5-15-11(13)6-14-10/h2-6H,1H3,(H2,13,15). The summed E-state index contributed by atoms with van der Waals surface area (Å²) in [5, 5.41) is 0.722. The van der Waals surface area contributed by atoms with Crippen molar-refractivity contribution in [3.8, 4) is 11.3 Å². The maximum atomic E-state index is 5.87. The lowest BCUT2D eigenvalue weighted by molar-refractivity contribution is 1.21. The highest BCUT2D eigenvalue weighted by molar-refractivity contribution is 6.30. The van der Waals surface area contributed by atoms with Gasteiger partial charge in [0.25, 0.3) is 0 Å². The summed E-state index contributed by atoms with van der Waals surface area (Å²) < 4.78 is 0. The van der Waals surface area contributed by atoms with Crippen LogP contribution >= 0.6 is 11.6 Å². The zero-order valence-corrected chi connectivity index (χ0v) is 8.99. The molecule has 0 fully saturated rings. The molecule has 0 amide bonds. The van der Waals surface area contributed by atoms with Gasteiger partial charge < -0.3 is 5.73 Å². The van der Waals surface area contributed by atoms with Crippen molar-refractivity contribution in [1.29, 1.82) is 0 Å². The van der Waals surface area contributed by atoms with Crippen LogP contribution in [0.2, 0.25) is 5.02 Å². The fraction of sp³-hybridized carbons (Fsp3) is 0.0909. The summed E-state index contributed by atoms with van der Waals surface area (Å²) in [6.07, 6.45) is 3.20. The van der Waals surface area contributed by atoms with Crippen molar-refractivity contribution in [2.45, 2.75) is 6.92 Å². The number of hydrogen-bond acceptors (Lipinski definition) is 3. The van der Waals surface area contributed by atoms with E-state index in [1.54, 1.807) is 12.4 Å². The van der Waals surface area contributed by atoms with Gasteiger partial charge in [0, 0.05) is 10.6 Å². The minimum Gasteiger partial charge on any atom is -0.382 e. The minimum absolute atomic E-state index is 0.422. The Morgan fingerprint density at radius 1 is 1.20 bits per heavy atom. The van der Waals surface area contributed by atoms with Gasteiger partial charge >= 0.3 is 0 Å². The van der Waals surface area contributed by atoms with Crippen molar-refractivity contribution < 1.29 is 0 Å². The van der Waals surface area contributed by atoms with Gasteiger partial charge in [-0.1, -0.05) is 17.7 Å². The highest BCUT2D eigenvalue weighted by Crippen LogP contribution is 2.23. The largest absolute Gasteiger partial charge is 0.382 e. The molecule has 2 N–H and O–H groups in total. The Labute approximate surface area is 92.9 Å². The number of nitrogen functional groups attached to an aromatic ring is 1. The third-order valence-corrected chi connectivity index (χ3v) is 2.37. The van der Waals surface area contributed by atoms with Gasteiger partial charge in [-0.15, -0.1) is 0 Å². The van der Waals surface area contributed by atoms with E-state index in [1.165, 1.54) is 0 Å². The maximum Gasteiger partial charge on any atom is 0.141 e. The lowest BCUT2D eigenvalue weighted by Gasteiger charge is -2.04. The van der Waals surface area contributed by atoms with Gasteiger partial charge in [0.2, 0.25) is 0 Å². The average Bonchev–Trinajstić information content (AvgIpc) is 2.20. The first-order valence-corrected chi connectivity index (χ1v) is 4.88. The SMILES string of the molecule is Cc1cc(Cl)ccc1-c1cnc(N)cn1. The predicted molar refractivity (Wildman–Crippen MR) is 61.6 cm³/mol. The molecule has 0 aliphatic heterocycles. The Hall–Kier alpha value is -1.61. The van der Waals surface area contributed by atoms with Gasteiger partial charge in [0.15, 0.2) is 0 Å². The number of halogens is 1. The fourth-order valence-electron chi connectivity index (χ4n) is 1.39. The molecule has 2 aromatic rings. The van der Waals surface area contributed by atoms with Crippen molar-refractivity contribution in [2.75, 3.05) is 5.73 Å². The van der Waals surface area contributed by atoms with Crippen LogP contribution in [0.25, 0.3) is 11.3 Å². The van der Waals surface area contributed by atoms with E-state index in [1.807, 2.05) is 25.1 Å². The number of nitrogens with zero attached hydrogens (tertiary/aromatic N) is 2. The molecule has 4 heteroatoms. The number of nitrogens with two attached hydrogens (primary N) is 1. The molecule has 0 saturated heterocycles. The lowest BCUT2D eigenvalue weighted by atomic mass is 10.1. The second-order valence-electron chi connectivity index (χ2n) is 3.29. The summed E-state index contributed by atoms with van der Waals surface area (Å²) >= 11 is 5.87. The van der Waals surface area contributed by atoms with E-state index in [4.69, 9.17) is 17.3 Å². The van der Waals surface area contributed by atoms with Crippen LogP contribution < -0.4 is 5.73 Å². The molecule has 0 unspecified atom stereocenters. The first kappa shape index (κ1) is 9.93. The monoisotopic (exact) mass is 219 g/mol. The highest BCUT2D eigenvalue weighted by atomic mass is 35.5. The maximum absolute atomic E-state index is 5.87. The molecule has 0 aliphatic rings. The second-order valence-corrected chi connectivity index (χ2v) is 3.72. The normalized spacial score (nSPS) is 10.3. The molecule has 0 radical (unpaired) electrons. The summed E-state index contributed by atoms with van der Waals surface area (Å²) in [4.78, 5) is 8.21. The minimum atomic E-state index is 0.422. The molecule has 1 aromatic carbocycles. The van der Waals surface area contributed by atoms with E-state index in [0.717, 1.165) is 21.8 Å². The summed E-state index contributed by atoms with van der Waals surface area (Å²) in [5.74, 6) is 0.422. The zero-order valence-electron chi connectivity index (χ0n) is 8.24. The molecule has 0 atom stereocenters. The smallest absolute Gasteiger partial charge is 0.141 e. The van der Waals surface area contributed by atoms with E-state index in [2.05, 4.69) is 9.97 Å². The van der Waals surface area contributed by atoms with Crippen LogP contribution in [0.1, 0.15) is 5.56 Å². The van der Waals surface area contributed by atoms with Crippen molar-refractivity contribution in [3.05, 3.63) is 41.2 Å². The van der Waals surface area contributed by atoms with Crippen LogP contribution in [0.15, 0.2) is 30.6 Å². The van der Waals surface area contributed by atoms with Gasteiger partial charge in [0.1, 0.15) is 5.82 Å². The van der Waals surface area contributed by atoms with Crippen molar-refractivity contribution in [2.24, 2.45) is 0 Å². The predicted octanol–water partition coefficient (Wildman–Crippen LogP) is 2.69. The number of aromatic nitrogens is 2. The second kappa shape index (κ2) is 3.87. The van der Waals surface area contributed by atoms with Crippen LogP contribution in [-0.2, 0) is 0 Å². The molecule has 0 saturated carbocycles. The van der Waals surface area contributed by atoms with E-state index < -0.39 is 0 Å². The van der Waals surface area contributed by atoms with Crippen LogP contribution in [-0.4, -0.2) is 9.97 Å². The summed E-state index contributed by atoms with van der Waals surface area (Å²) in [6.45, 7) is 1.99. The summed E-state index contributed by atoms with van der Waals surface area (Å²) in [7, 11) is 0. The van der Waals surface area contributed by atoms with Gasteiger partial charge in [-0.3, -0.25) is 4.98 Å². The third-order valence-electron chi connectivity index (χ3n) is 2.14. The van der Waals surface area contributed by atoms with Crippen molar-refractivity contribution in [1.82, 2.24) is 9.97 Å². The van der Waals surface area contributed by atoms with E-state index in [0.29, 0.717) is 5.82 Å². The van der Waals surface area contributed by atoms with Crippen LogP contribution in [0.5, 0.6) is 0 Å². The Kier molecular flexibility index (Phi) is 2.56. The third kappa shape index (κ3) is 2.07. The highest BCUT2D eigenvalue weighted by Gasteiger charge is 2.03. The number of benzene rings is 1. The number of hydrogen-bond donors (Lipinski definition) is 1. The molecular formula is C11H10ClN3. The molecule has 76 valence electrons. The van der Waals surface area contributed by atoms with Gasteiger partial charge in [0.05, 0.1) is 18.1 Å². The molecule has 3 nitrogen and oxygen atoms in total. The molecular weight excluding hydrogens is 210 g/mol. The molecule has 1 heterocycles. The van der Waals surface area contributed by atoms with E-state index in [9.17, 15) is 0 Å². The number of aryl methyl sites for hydroxylation is 1. The Morgan fingerprint density at radius 2 is 2.00 bits per heavy atom. The summed E-state index contributed by atoms with van der Waals surface area (Å²) in [5.41, 5.74) is 8.37. The topological polar surface area (TPSA) is 51.8 Å². The Morgan fingerprint density at radius 3 is 2.60 bits per heavy atom. The lowest BCUT2D eigenvalue weighted by Crippen LogP contribution is -1.93. The molecule has 1 aromatic heterocycles. The van der Waals surface area contributed by atoms with Gasteiger partial charge in [-0.25, -0.2) is 4.98 Å². The molecule has 0 bridgehead atoms. The first-order chi connectivity index (χ1) is 7.16. The zero-order chi connectivity index (χ0) is 10.8. The van der Waals surface area contributed by atoms with Gasteiger partial charge in [-0.2, -0.15) is 0 Å².